The molecule has 0 N–H and O–H groups in total. The van der Waals surface area contributed by atoms with Gasteiger partial charge in [-0.2, -0.15) is 0 Å². The van der Waals surface area contributed by atoms with Crippen molar-refractivity contribution in [1.29, 1.82) is 0 Å². The van der Waals surface area contributed by atoms with Crippen molar-refractivity contribution in [1.82, 2.24) is 4.90 Å². The summed E-state index contributed by atoms with van der Waals surface area (Å²) in [6.07, 6.45) is 3.33. The lowest BCUT2D eigenvalue weighted by atomic mass is 9.86. The van der Waals surface area contributed by atoms with Crippen LogP contribution in [0.4, 0.5) is 0 Å². The second-order valence-electron chi connectivity index (χ2n) is 6.62. The number of alkyl halides is 1. The number of halogens is 1. The number of ether oxygens (including phenoxy) is 1. The van der Waals surface area contributed by atoms with Crippen LogP contribution in [0.15, 0.2) is 11.4 Å². The lowest BCUT2D eigenvalue weighted by Gasteiger charge is -2.43. The van der Waals surface area contributed by atoms with E-state index in [-0.39, 0.29) is 23.5 Å². The zero-order valence-electron chi connectivity index (χ0n) is 12.6. The summed E-state index contributed by atoms with van der Waals surface area (Å²) >= 11 is 5.29. The summed E-state index contributed by atoms with van der Waals surface area (Å²) in [5.74, 6) is 0.349. The highest BCUT2D eigenvalue weighted by molar-refractivity contribution is 9.09. The number of hydrogen-bond donors (Lipinski definition) is 0. The standard InChI is InChI=1S/C16H22BrNO2S/c1-16(2)10-18(9-11(8-17)20-16)15(19)13-4-3-5-14-12(13)6-7-21-14/h6-7,11,13H,3-5,8-10H2,1-2H3. The molecule has 116 valence electrons. The van der Waals surface area contributed by atoms with E-state index in [2.05, 4.69) is 41.2 Å². The molecule has 1 aromatic rings. The number of carbonyl (C=O) groups excluding carboxylic acids is 1. The van der Waals surface area contributed by atoms with Crippen LogP contribution in [0.2, 0.25) is 0 Å². The molecule has 0 aromatic carbocycles. The highest BCUT2D eigenvalue weighted by atomic mass is 79.9. The molecule has 0 saturated carbocycles. The van der Waals surface area contributed by atoms with Crippen molar-refractivity contribution >= 4 is 33.2 Å². The fourth-order valence-electron chi connectivity index (χ4n) is 3.51. The topological polar surface area (TPSA) is 29.5 Å². The number of aryl methyl sites for hydroxylation is 1. The Balaban J connectivity index is 1.79. The average Bonchev–Trinajstić information content (AvgIpc) is 2.93. The molecule has 1 fully saturated rings. The van der Waals surface area contributed by atoms with Crippen molar-refractivity contribution in [3.63, 3.8) is 0 Å². The van der Waals surface area contributed by atoms with Crippen LogP contribution >= 0.6 is 27.3 Å². The molecule has 0 radical (unpaired) electrons. The minimum atomic E-state index is -0.265. The smallest absolute Gasteiger partial charge is 0.230 e. The van der Waals surface area contributed by atoms with Gasteiger partial charge in [0.15, 0.2) is 0 Å². The van der Waals surface area contributed by atoms with E-state index < -0.39 is 0 Å². The first-order chi connectivity index (χ1) is 10.00. The summed E-state index contributed by atoms with van der Waals surface area (Å²) in [6.45, 7) is 5.52. The molecule has 3 nitrogen and oxygen atoms in total. The molecular weight excluding hydrogens is 350 g/mol. The van der Waals surface area contributed by atoms with Crippen LogP contribution in [0.3, 0.4) is 0 Å². The molecule has 2 heterocycles. The van der Waals surface area contributed by atoms with Crippen molar-refractivity contribution in [2.75, 3.05) is 18.4 Å². The van der Waals surface area contributed by atoms with Crippen LogP contribution in [0.1, 0.15) is 43.0 Å². The summed E-state index contributed by atoms with van der Waals surface area (Å²) < 4.78 is 6.01. The van der Waals surface area contributed by atoms with E-state index in [1.165, 1.54) is 10.4 Å². The van der Waals surface area contributed by atoms with Gasteiger partial charge in [-0.1, -0.05) is 15.9 Å². The van der Waals surface area contributed by atoms with Crippen molar-refractivity contribution in [3.05, 3.63) is 21.9 Å². The number of fused-ring (bicyclic) bond motifs is 1. The number of morpholine rings is 1. The van der Waals surface area contributed by atoms with Crippen molar-refractivity contribution in [2.45, 2.75) is 50.7 Å². The summed E-state index contributed by atoms with van der Waals surface area (Å²) in [7, 11) is 0. The Bertz CT molecular complexity index is 528. The Labute approximate surface area is 138 Å². The van der Waals surface area contributed by atoms with Crippen LogP contribution in [-0.4, -0.2) is 40.9 Å². The predicted octanol–water partition coefficient (Wildman–Crippen LogP) is 3.57. The molecule has 2 atom stereocenters. The fraction of sp³-hybridized carbons (Fsp3) is 0.688. The molecule has 2 unspecified atom stereocenters. The van der Waals surface area contributed by atoms with Gasteiger partial charge < -0.3 is 9.64 Å². The molecule has 3 rings (SSSR count). The third-order valence-electron chi connectivity index (χ3n) is 4.32. The number of thiophene rings is 1. The maximum absolute atomic E-state index is 13.0. The number of amides is 1. The van der Waals surface area contributed by atoms with Gasteiger partial charge >= 0.3 is 0 Å². The van der Waals surface area contributed by atoms with Gasteiger partial charge in [-0.25, -0.2) is 0 Å². The summed E-state index contributed by atoms with van der Waals surface area (Å²) in [4.78, 5) is 16.5. The Kier molecular flexibility index (Phi) is 4.44. The Morgan fingerprint density at radius 1 is 1.57 bits per heavy atom. The van der Waals surface area contributed by atoms with Gasteiger partial charge in [-0.15, -0.1) is 11.3 Å². The molecule has 5 heteroatoms. The molecule has 2 aliphatic rings. The summed E-state index contributed by atoms with van der Waals surface area (Å²) in [5.41, 5.74) is 1.01. The number of nitrogens with zero attached hydrogens (tertiary/aromatic N) is 1. The van der Waals surface area contributed by atoms with Crippen LogP contribution in [-0.2, 0) is 16.0 Å². The van der Waals surface area contributed by atoms with Crippen LogP contribution < -0.4 is 0 Å². The zero-order valence-corrected chi connectivity index (χ0v) is 15.0. The van der Waals surface area contributed by atoms with Gasteiger partial charge in [0.1, 0.15) is 0 Å². The van der Waals surface area contributed by atoms with Crippen molar-refractivity contribution in [3.8, 4) is 0 Å². The van der Waals surface area contributed by atoms with E-state index in [1.54, 1.807) is 11.3 Å². The molecule has 1 aromatic heterocycles. The highest BCUT2D eigenvalue weighted by Crippen LogP contribution is 2.37. The molecule has 1 aliphatic heterocycles. The zero-order chi connectivity index (χ0) is 15.0. The van der Waals surface area contributed by atoms with E-state index >= 15 is 0 Å². The van der Waals surface area contributed by atoms with E-state index in [0.717, 1.165) is 24.6 Å². The van der Waals surface area contributed by atoms with Gasteiger partial charge in [0, 0.05) is 23.3 Å². The predicted molar refractivity (Wildman–Crippen MR) is 89.3 cm³/mol. The number of rotatable bonds is 2. The number of carbonyl (C=O) groups is 1. The van der Waals surface area contributed by atoms with Gasteiger partial charge in [0.25, 0.3) is 0 Å². The number of hydrogen-bond acceptors (Lipinski definition) is 3. The third-order valence-corrected chi connectivity index (χ3v) is 6.03. The first-order valence-electron chi connectivity index (χ1n) is 7.59. The monoisotopic (exact) mass is 371 g/mol. The third kappa shape index (κ3) is 3.20. The second kappa shape index (κ2) is 6.01. The van der Waals surface area contributed by atoms with Crippen molar-refractivity contribution < 1.29 is 9.53 Å². The van der Waals surface area contributed by atoms with Crippen LogP contribution in [0, 0.1) is 0 Å². The quantitative estimate of drug-likeness (QED) is 0.743. The highest BCUT2D eigenvalue weighted by Gasteiger charge is 2.38. The maximum Gasteiger partial charge on any atom is 0.230 e. The van der Waals surface area contributed by atoms with Gasteiger partial charge in [0.2, 0.25) is 5.91 Å². The lowest BCUT2D eigenvalue weighted by Crippen LogP contribution is -2.56. The minimum Gasteiger partial charge on any atom is -0.368 e. The Hall–Kier alpha value is -0.390. The average molecular weight is 372 g/mol. The van der Waals surface area contributed by atoms with E-state index in [0.29, 0.717) is 13.1 Å². The minimum absolute atomic E-state index is 0.0601. The molecule has 1 amide bonds. The lowest BCUT2D eigenvalue weighted by molar-refractivity contribution is -0.158. The van der Waals surface area contributed by atoms with Crippen molar-refractivity contribution in [2.24, 2.45) is 0 Å². The Morgan fingerprint density at radius 3 is 3.14 bits per heavy atom. The van der Waals surface area contributed by atoms with Gasteiger partial charge in [0.05, 0.1) is 17.6 Å². The van der Waals surface area contributed by atoms with E-state index in [9.17, 15) is 4.79 Å². The molecule has 21 heavy (non-hydrogen) atoms. The van der Waals surface area contributed by atoms with Gasteiger partial charge in [-0.05, 0) is 50.1 Å². The van der Waals surface area contributed by atoms with Crippen LogP contribution in [0.25, 0.3) is 0 Å². The van der Waals surface area contributed by atoms with Crippen LogP contribution in [0.5, 0.6) is 0 Å². The molecular formula is C16H22BrNO2S. The SMILES string of the molecule is CC1(C)CN(C(=O)C2CCCc3sccc32)CC(CBr)O1. The Morgan fingerprint density at radius 2 is 2.38 bits per heavy atom. The second-order valence-corrected chi connectivity index (χ2v) is 8.26. The largest absolute Gasteiger partial charge is 0.368 e. The summed E-state index contributed by atoms with van der Waals surface area (Å²) in [6, 6.07) is 2.15. The normalized spacial score (nSPS) is 28.2. The van der Waals surface area contributed by atoms with Gasteiger partial charge in [-0.3, -0.25) is 4.79 Å². The fourth-order valence-corrected chi connectivity index (χ4v) is 4.83. The molecule has 0 spiro atoms. The maximum atomic E-state index is 13.0. The van der Waals surface area contributed by atoms with E-state index in [1.807, 2.05) is 4.90 Å². The molecule has 1 aliphatic carbocycles. The molecule has 0 bridgehead atoms. The first kappa shape index (κ1) is 15.5. The summed E-state index contributed by atoms with van der Waals surface area (Å²) in [5, 5.41) is 2.90. The first-order valence-corrected chi connectivity index (χ1v) is 9.59. The van der Waals surface area contributed by atoms with E-state index in [4.69, 9.17) is 4.74 Å². The molecule has 1 saturated heterocycles.